The molecule has 1 saturated heterocycles. The van der Waals surface area contributed by atoms with Crippen molar-refractivity contribution in [1.82, 2.24) is 14.8 Å². The van der Waals surface area contributed by atoms with Gasteiger partial charge in [-0.1, -0.05) is 31.2 Å². The fourth-order valence-electron chi connectivity index (χ4n) is 4.88. The van der Waals surface area contributed by atoms with Crippen LogP contribution in [-0.2, 0) is 5.54 Å². The second kappa shape index (κ2) is 10.5. The molecule has 2 heterocycles. The summed E-state index contributed by atoms with van der Waals surface area (Å²) in [6, 6.07) is 19.1. The van der Waals surface area contributed by atoms with Crippen LogP contribution in [0.25, 0.3) is 11.3 Å². The molecule has 7 heteroatoms. The van der Waals surface area contributed by atoms with Crippen LogP contribution < -0.4 is 11.1 Å². The topological polar surface area (TPSA) is 98.3 Å². The molecule has 0 radical (unpaired) electrons. The molecular formula is C29H34N6O. The number of benzene rings is 2. The molecule has 0 bridgehead atoms. The van der Waals surface area contributed by atoms with Crippen molar-refractivity contribution in [2.75, 3.05) is 38.2 Å². The molecule has 2 unspecified atom stereocenters. The van der Waals surface area contributed by atoms with Gasteiger partial charge in [-0.15, -0.1) is 0 Å². The Hall–Kier alpha value is -3.73. The van der Waals surface area contributed by atoms with Crippen molar-refractivity contribution in [3.05, 3.63) is 77.5 Å². The van der Waals surface area contributed by atoms with Gasteiger partial charge in [-0.05, 0) is 69.8 Å². The van der Waals surface area contributed by atoms with E-state index in [4.69, 9.17) is 10.7 Å². The van der Waals surface area contributed by atoms with Crippen LogP contribution in [0.5, 0.6) is 0 Å². The van der Waals surface area contributed by atoms with Gasteiger partial charge < -0.3 is 16.0 Å². The van der Waals surface area contributed by atoms with E-state index in [1.165, 1.54) is 0 Å². The quantitative estimate of drug-likeness (QED) is 0.473. The van der Waals surface area contributed by atoms with Gasteiger partial charge in [0.2, 0.25) is 0 Å². The Kier molecular flexibility index (Phi) is 7.39. The van der Waals surface area contributed by atoms with Gasteiger partial charge in [-0.25, -0.2) is 0 Å². The summed E-state index contributed by atoms with van der Waals surface area (Å²) in [5.74, 6) is -0.247. The third kappa shape index (κ3) is 4.97. The number of nitrogen functional groups attached to an aromatic ring is 1. The lowest BCUT2D eigenvalue weighted by Gasteiger charge is -2.39. The van der Waals surface area contributed by atoms with Crippen molar-refractivity contribution in [3.63, 3.8) is 0 Å². The molecule has 4 rings (SSSR count). The normalized spacial score (nSPS) is 17.5. The number of hydrogen-bond donors (Lipinski definition) is 2. The van der Waals surface area contributed by atoms with E-state index in [2.05, 4.69) is 49.1 Å². The molecule has 0 saturated carbocycles. The molecule has 0 spiro atoms. The zero-order chi connectivity index (χ0) is 25.9. The van der Waals surface area contributed by atoms with Gasteiger partial charge in [0.1, 0.15) is 6.07 Å². The zero-order valence-corrected chi connectivity index (χ0v) is 21.5. The van der Waals surface area contributed by atoms with Gasteiger partial charge in [-0.3, -0.25) is 14.7 Å². The molecule has 2 aromatic carbocycles. The predicted molar refractivity (Wildman–Crippen MR) is 145 cm³/mol. The molecule has 36 heavy (non-hydrogen) atoms. The first kappa shape index (κ1) is 25.4. The number of carbonyl (C=O) groups is 1. The molecule has 1 amide bonds. The number of nitrogens with zero attached hydrogens (tertiary/aromatic N) is 4. The number of aromatic nitrogens is 1. The summed E-state index contributed by atoms with van der Waals surface area (Å²) in [5, 5.41) is 12.8. The fraction of sp³-hybridized carbons (Fsp3) is 0.345. The van der Waals surface area contributed by atoms with E-state index in [-0.39, 0.29) is 11.4 Å². The lowest BCUT2D eigenvalue weighted by Crippen LogP contribution is -2.44. The Morgan fingerprint density at radius 2 is 1.97 bits per heavy atom. The van der Waals surface area contributed by atoms with Crippen LogP contribution in [0, 0.1) is 11.3 Å². The van der Waals surface area contributed by atoms with Crippen LogP contribution in [0.1, 0.15) is 48.2 Å². The smallest absolute Gasteiger partial charge is 0.255 e. The van der Waals surface area contributed by atoms with Gasteiger partial charge in [0.15, 0.2) is 0 Å². The van der Waals surface area contributed by atoms with Gasteiger partial charge in [-0.2, -0.15) is 5.26 Å². The summed E-state index contributed by atoms with van der Waals surface area (Å²) in [4.78, 5) is 22.2. The Balaban J connectivity index is 1.57. The number of carbonyl (C=O) groups excluding carboxylic acids is 1. The summed E-state index contributed by atoms with van der Waals surface area (Å²) < 4.78 is 0. The van der Waals surface area contributed by atoms with Crippen LogP contribution in [0.2, 0.25) is 0 Å². The Bertz CT molecular complexity index is 1280. The number of pyridine rings is 1. The average molecular weight is 483 g/mol. The van der Waals surface area contributed by atoms with E-state index in [1.54, 1.807) is 24.3 Å². The minimum Gasteiger partial charge on any atom is -0.397 e. The Labute approximate surface area is 213 Å². The molecule has 0 aliphatic carbocycles. The van der Waals surface area contributed by atoms with E-state index in [0.29, 0.717) is 34.2 Å². The van der Waals surface area contributed by atoms with Crippen molar-refractivity contribution in [1.29, 1.82) is 5.26 Å². The number of anilines is 2. The number of nitrogens with one attached hydrogen (secondary N) is 1. The van der Waals surface area contributed by atoms with Crippen LogP contribution >= 0.6 is 0 Å². The highest BCUT2D eigenvalue weighted by atomic mass is 16.1. The first-order valence-corrected chi connectivity index (χ1v) is 12.3. The van der Waals surface area contributed by atoms with E-state index in [1.807, 2.05) is 36.5 Å². The van der Waals surface area contributed by atoms with Crippen LogP contribution in [0.15, 0.2) is 60.8 Å². The van der Waals surface area contributed by atoms with E-state index in [9.17, 15) is 10.1 Å². The molecule has 7 nitrogen and oxygen atoms in total. The highest BCUT2D eigenvalue weighted by molar-refractivity contribution is 6.05. The van der Waals surface area contributed by atoms with E-state index >= 15 is 0 Å². The van der Waals surface area contributed by atoms with Crippen molar-refractivity contribution in [2.24, 2.45) is 0 Å². The number of hydrogen-bond acceptors (Lipinski definition) is 6. The van der Waals surface area contributed by atoms with Gasteiger partial charge >= 0.3 is 0 Å². The summed E-state index contributed by atoms with van der Waals surface area (Å²) >= 11 is 0. The maximum absolute atomic E-state index is 12.7. The lowest BCUT2D eigenvalue weighted by molar-refractivity contribution is 0.102. The van der Waals surface area contributed by atoms with Gasteiger partial charge in [0.05, 0.1) is 22.6 Å². The third-order valence-electron chi connectivity index (χ3n) is 7.54. The molecule has 3 N–H and O–H groups in total. The minimum atomic E-state index is -0.247. The van der Waals surface area contributed by atoms with Gasteiger partial charge in [0.25, 0.3) is 5.91 Å². The van der Waals surface area contributed by atoms with Crippen molar-refractivity contribution in [3.8, 4) is 17.3 Å². The van der Waals surface area contributed by atoms with Crippen molar-refractivity contribution < 1.29 is 4.79 Å². The molecule has 2 atom stereocenters. The second-order valence-corrected chi connectivity index (χ2v) is 9.83. The number of nitriles is 1. The fourth-order valence-corrected chi connectivity index (χ4v) is 4.88. The lowest BCUT2D eigenvalue weighted by atomic mass is 9.87. The first-order chi connectivity index (χ1) is 17.3. The number of rotatable bonds is 7. The molecule has 1 fully saturated rings. The number of likely N-dealkylation sites (N-methyl/N-ethyl adjacent to an activating group) is 1. The monoisotopic (exact) mass is 482 g/mol. The van der Waals surface area contributed by atoms with Crippen LogP contribution in [0.4, 0.5) is 11.4 Å². The summed E-state index contributed by atoms with van der Waals surface area (Å²) in [6.07, 6.45) is 3.96. The zero-order valence-electron chi connectivity index (χ0n) is 21.5. The van der Waals surface area contributed by atoms with Crippen LogP contribution in [0.3, 0.4) is 0 Å². The highest BCUT2D eigenvalue weighted by Gasteiger charge is 2.38. The second-order valence-electron chi connectivity index (χ2n) is 9.83. The summed E-state index contributed by atoms with van der Waals surface area (Å²) in [7, 11) is 4.27. The molecule has 1 aliphatic rings. The standard InChI is InChI=1S/C29H34N6O/c1-5-29(2,35-15-14-24(19-35)34(3)4)23-16-22(17-30)27(32-18-23)20-10-12-21(13-11-20)28(36)33-26-9-7-6-8-25(26)31/h6-13,16,18,24H,5,14-15,19,31H2,1-4H3,(H,33,36). The summed E-state index contributed by atoms with van der Waals surface area (Å²) in [6.45, 7) is 6.46. The molecule has 186 valence electrons. The van der Waals surface area contributed by atoms with E-state index < -0.39 is 0 Å². The number of amides is 1. The van der Waals surface area contributed by atoms with Gasteiger partial charge in [0, 0.05) is 42.0 Å². The largest absolute Gasteiger partial charge is 0.397 e. The summed E-state index contributed by atoms with van der Waals surface area (Å²) in [5.41, 5.74) is 10.3. The van der Waals surface area contributed by atoms with E-state index in [0.717, 1.165) is 37.1 Å². The van der Waals surface area contributed by atoms with Crippen molar-refractivity contribution in [2.45, 2.75) is 38.3 Å². The maximum Gasteiger partial charge on any atom is 0.255 e. The molecule has 1 aromatic heterocycles. The SMILES string of the molecule is CCC(C)(c1cnc(-c2ccc(C(=O)Nc3ccccc3N)cc2)c(C#N)c1)N1CCC(N(C)C)C1. The maximum atomic E-state index is 12.7. The predicted octanol–water partition coefficient (Wildman–Crippen LogP) is 4.72. The average Bonchev–Trinajstić information content (AvgIpc) is 3.41. The number of likely N-dealkylation sites (tertiary alicyclic amines) is 1. The Morgan fingerprint density at radius 3 is 2.58 bits per heavy atom. The molecule has 1 aliphatic heterocycles. The molecular weight excluding hydrogens is 448 g/mol. The third-order valence-corrected chi connectivity index (χ3v) is 7.54. The first-order valence-electron chi connectivity index (χ1n) is 12.3. The highest BCUT2D eigenvalue weighted by Crippen LogP contribution is 2.36. The number of nitrogens with two attached hydrogens (primary N) is 1. The Morgan fingerprint density at radius 1 is 1.25 bits per heavy atom. The minimum absolute atomic E-state index is 0.191. The van der Waals surface area contributed by atoms with Crippen molar-refractivity contribution >= 4 is 17.3 Å². The van der Waals surface area contributed by atoms with Crippen LogP contribution in [-0.4, -0.2) is 53.9 Å². The molecule has 3 aromatic rings. The number of para-hydroxylation sites is 2.